The van der Waals surface area contributed by atoms with Gasteiger partial charge in [0.25, 0.3) is 5.91 Å². The monoisotopic (exact) mass is 323 g/mol. The third kappa shape index (κ3) is 3.59. The van der Waals surface area contributed by atoms with Crippen LogP contribution in [0.25, 0.3) is 0 Å². The second kappa shape index (κ2) is 6.03. The molecule has 0 bridgehead atoms. The Kier molecular flexibility index (Phi) is 4.39. The summed E-state index contributed by atoms with van der Waals surface area (Å²) in [5, 5.41) is 3.55. The summed E-state index contributed by atoms with van der Waals surface area (Å²) < 4.78 is 0.890. The average molecular weight is 325 g/mol. The Bertz CT molecular complexity index is 554. The lowest BCUT2D eigenvalue weighted by atomic mass is 10.2. The molecule has 92 valence electrons. The van der Waals surface area contributed by atoms with E-state index in [0.717, 1.165) is 10.0 Å². The Balaban J connectivity index is 1.98. The predicted octanol–water partition coefficient (Wildman–Crippen LogP) is 4.03. The number of benzene rings is 2. The molecule has 0 aromatic heterocycles. The fraction of sp³-hybridized carbons (Fsp3) is 0.0714. The zero-order valence-electron chi connectivity index (χ0n) is 9.49. The average Bonchev–Trinajstić information content (AvgIpc) is 2.38. The number of carbonyl (C=O) groups excluding carboxylic acids is 1. The Labute approximate surface area is 119 Å². The fourth-order valence-corrected chi connectivity index (χ4v) is 2.04. The van der Waals surface area contributed by atoms with Crippen molar-refractivity contribution in [2.45, 2.75) is 6.54 Å². The fourth-order valence-electron chi connectivity index (χ4n) is 1.52. The molecule has 0 heterocycles. The quantitative estimate of drug-likeness (QED) is 0.907. The minimum Gasteiger partial charge on any atom is -0.348 e. The van der Waals surface area contributed by atoms with Crippen molar-refractivity contribution in [3.63, 3.8) is 0 Å². The highest BCUT2D eigenvalue weighted by molar-refractivity contribution is 9.10. The van der Waals surface area contributed by atoms with Crippen molar-refractivity contribution in [1.29, 1.82) is 0 Å². The molecule has 2 nitrogen and oxygen atoms in total. The number of hydrogen-bond acceptors (Lipinski definition) is 1. The second-order valence-corrected chi connectivity index (χ2v) is 5.17. The van der Waals surface area contributed by atoms with Gasteiger partial charge >= 0.3 is 0 Å². The van der Waals surface area contributed by atoms with E-state index >= 15 is 0 Å². The van der Waals surface area contributed by atoms with E-state index in [2.05, 4.69) is 21.2 Å². The standard InChI is InChI=1S/C14H11BrClNO/c15-12-3-1-2-11(8-12)14(18)17-9-10-4-6-13(16)7-5-10/h1-8H,9H2,(H,17,18). The summed E-state index contributed by atoms with van der Waals surface area (Å²) in [6.45, 7) is 0.489. The highest BCUT2D eigenvalue weighted by Crippen LogP contribution is 2.12. The van der Waals surface area contributed by atoms with Crippen LogP contribution in [-0.2, 0) is 6.54 Å². The van der Waals surface area contributed by atoms with Gasteiger partial charge in [-0.2, -0.15) is 0 Å². The lowest BCUT2D eigenvalue weighted by Crippen LogP contribution is -2.22. The molecule has 2 aromatic carbocycles. The van der Waals surface area contributed by atoms with E-state index < -0.39 is 0 Å². The normalized spacial score (nSPS) is 10.1. The minimum atomic E-state index is -0.0914. The molecule has 2 rings (SSSR count). The van der Waals surface area contributed by atoms with Crippen LogP contribution in [0.1, 0.15) is 15.9 Å². The molecule has 0 aliphatic heterocycles. The maximum absolute atomic E-state index is 11.9. The van der Waals surface area contributed by atoms with Crippen LogP contribution in [0.15, 0.2) is 53.0 Å². The second-order valence-electron chi connectivity index (χ2n) is 3.82. The number of nitrogens with one attached hydrogen (secondary N) is 1. The van der Waals surface area contributed by atoms with Gasteiger partial charge in [-0.3, -0.25) is 4.79 Å². The number of carbonyl (C=O) groups is 1. The highest BCUT2D eigenvalue weighted by Gasteiger charge is 2.05. The molecule has 1 amide bonds. The van der Waals surface area contributed by atoms with Crippen molar-refractivity contribution >= 4 is 33.4 Å². The summed E-state index contributed by atoms with van der Waals surface area (Å²) in [5.41, 5.74) is 1.65. The van der Waals surface area contributed by atoms with E-state index in [4.69, 9.17) is 11.6 Å². The predicted molar refractivity (Wildman–Crippen MR) is 76.8 cm³/mol. The molecular formula is C14H11BrClNO. The largest absolute Gasteiger partial charge is 0.348 e. The van der Waals surface area contributed by atoms with Gasteiger partial charge in [0.1, 0.15) is 0 Å². The van der Waals surface area contributed by atoms with Crippen molar-refractivity contribution in [3.05, 3.63) is 69.2 Å². The summed E-state index contributed by atoms with van der Waals surface area (Å²) in [7, 11) is 0. The lowest BCUT2D eigenvalue weighted by Gasteiger charge is -2.05. The number of hydrogen-bond donors (Lipinski definition) is 1. The van der Waals surface area contributed by atoms with Crippen LogP contribution in [0.4, 0.5) is 0 Å². The molecule has 4 heteroatoms. The van der Waals surface area contributed by atoms with Gasteiger partial charge in [0.05, 0.1) is 0 Å². The molecule has 0 fully saturated rings. The first-order valence-corrected chi connectivity index (χ1v) is 6.60. The van der Waals surface area contributed by atoms with Crippen LogP contribution in [-0.4, -0.2) is 5.91 Å². The Morgan fingerprint density at radius 2 is 1.89 bits per heavy atom. The smallest absolute Gasteiger partial charge is 0.251 e. The van der Waals surface area contributed by atoms with Crippen molar-refractivity contribution in [2.24, 2.45) is 0 Å². The molecule has 0 unspecified atom stereocenters. The third-order valence-electron chi connectivity index (χ3n) is 2.45. The van der Waals surface area contributed by atoms with E-state index in [1.807, 2.05) is 36.4 Å². The molecule has 0 atom stereocenters. The van der Waals surface area contributed by atoms with Gasteiger partial charge in [-0.1, -0.05) is 45.7 Å². The van der Waals surface area contributed by atoms with Crippen LogP contribution in [0.5, 0.6) is 0 Å². The van der Waals surface area contributed by atoms with Crippen molar-refractivity contribution in [2.75, 3.05) is 0 Å². The van der Waals surface area contributed by atoms with E-state index in [-0.39, 0.29) is 5.91 Å². The molecule has 0 saturated heterocycles. The first kappa shape index (κ1) is 13.1. The van der Waals surface area contributed by atoms with Gasteiger partial charge < -0.3 is 5.32 Å². The van der Waals surface area contributed by atoms with Crippen molar-refractivity contribution < 1.29 is 4.79 Å². The summed E-state index contributed by atoms with van der Waals surface area (Å²) in [6, 6.07) is 14.7. The van der Waals surface area contributed by atoms with Crippen LogP contribution in [0.3, 0.4) is 0 Å². The summed E-state index contributed by atoms with van der Waals surface area (Å²) in [4.78, 5) is 11.9. The molecular weight excluding hydrogens is 314 g/mol. The lowest BCUT2D eigenvalue weighted by molar-refractivity contribution is 0.0951. The van der Waals surface area contributed by atoms with Crippen molar-refractivity contribution in [1.82, 2.24) is 5.32 Å². The van der Waals surface area contributed by atoms with Gasteiger partial charge in [-0.15, -0.1) is 0 Å². The number of rotatable bonds is 3. The molecule has 2 aromatic rings. The molecule has 1 N–H and O–H groups in total. The Morgan fingerprint density at radius 1 is 1.17 bits per heavy atom. The summed E-state index contributed by atoms with van der Waals surface area (Å²) in [5.74, 6) is -0.0914. The third-order valence-corrected chi connectivity index (χ3v) is 3.20. The maximum Gasteiger partial charge on any atom is 0.251 e. The van der Waals surface area contributed by atoms with E-state index in [1.165, 1.54) is 0 Å². The molecule has 0 aliphatic rings. The highest BCUT2D eigenvalue weighted by atomic mass is 79.9. The first-order valence-electron chi connectivity index (χ1n) is 5.43. The first-order chi connectivity index (χ1) is 8.65. The van der Waals surface area contributed by atoms with E-state index in [1.54, 1.807) is 12.1 Å². The summed E-state index contributed by atoms with van der Waals surface area (Å²) >= 11 is 9.13. The molecule has 0 aliphatic carbocycles. The Hall–Kier alpha value is -1.32. The van der Waals surface area contributed by atoms with Crippen LogP contribution in [0, 0.1) is 0 Å². The van der Waals surface area contributed by atoms with Gasteiger partial charge in [-0.25, -0.2) is 0 Å². The summed E-state index contributed by atoms with van der Waals surface area (Å²) in [6.07, 6.45) is 0. The van der Waals surface area contributed by atoms with Crippen molar-refractivity contribution in [3.8, 4) is 0 Å². The van der Waals surface area contributed by atoms with Gasteiger partial charge in [0, 0.05) is 21.6 Å². The number of halogens is 2. The molecule has 0 radical (unpaired) electrons. The topological polar surface area (TPSA) is 29.1 Å². The zero-order chi connectivity index (χ0) is 13.0. The maximum atomic E-state index is 11.9. The SMILES string of the molecule is O=C(NCc1ccc(Cl)cc1)c1cccc(Br)c1. The van der Waals surface area contributed by atoms with E-state index in [0.29, 0.717) is 17.1 Å². The molecule has 0 spiro atoms. The zero-order valence-corrected chi connectivity index (χ0v) is 11.8. The van der Waals surface area contributed by atoms with Gasteiger partial charge in [0.2, 0.25) is 0 Å². The Morgan fingerprint density at radius 3 is 2.56 bits per heavy atom. The van der Waals surface area contributed by atoms with E-state index in [9.17, 15) is 4.79 Å². The molecule has 0 saturated carbocycles. The number of amides is 1. The van der Waals surface area contributed by atoms with Gasteiger partial charge in [0.15, 0.2) is 0 Å². The molecule has 18 heavy (non-hydrogen) atoms. The van der Waals surface area contributed by atoms with Crippen LogP contribution >= 0.6 is 27.5 Å². The minimum absolute atomic E-state index is 0.0914. The van der Waals surface area contributed by atoms with Crippen LogP contribution in [0.2, 0.25) is 5.02 Å². The van der Waals surface area contributed by atoms with Crippen LogP contribution < -0.4 is 5.32 Å². The van der Waals surface area contributed by atoms with Gasteiger partial charge in [-0.05, 0) is 35.9 Å².